The molecular formula is C15H14BrClN2. The first-order valence-corrected chi connectivity index (χ1v) is 7.56. The van der Waals surface area contributed by atoms with Crippen molar-refractivity contribution >= 4 is 33.2 Å². The van der Waals surface area contributed by atoms with E-state index in [2.05, 4.69) is 50.5 Å². The average Bonchev–Trinajstić information content (AvgIpc) is 2.43. The van der Waals surface area contributed by atoms with Gasteiger partial charge in [0, 0.05) is 10.7 Å². The van der Waals surface area contributed by atoms with Crippen LogP contribution in [0.1, 0.15) is 30.0 Å². The molecule has 1 aliphatic rings. The molecule has 98 valence electrons. The van der Waals surface area contributed by atoms with Crippen molar-refractivity contribution < 1.29 is 0 Å². The molecule has 0 amide bonds. The highest BCUT2D eigenvalue weighted by Gasteiger charge is 2.20. The third-order valence-electron chi connectivity index (χ3n) is 3.50. The molecule has 0 radical (unpaired) electrons. The number of halogens is 2. The fourth-order valence-electron chi connectivity index (χ4n) is 2.62. The fourth-order valence-corrected chi connectivity index (χ4v) is 3.10. The summed E-state index contributed by atoms with van der Waals surface area (Å²) in [4.78, 5) is 4.16. The molecule has 1 aromatic carbocycles. The summed E-state index contributed by atoms with van der Waals surface area (Å²) >= 11 is 9.58. The smallest absolute Gasteiger partial charge is 0.152 e. The number of pyridine rings is 1. The van der Waals surface area contributed by atoms with E-state index in [0.717, 1.165) is 16.6 Å². The van der Waals surface area contributed by atoms with Crippen molar-refractivity contribution in [1.29, 1.82) is 0 Å². The van der Waals surface area contributed by atoms with Crippen molar-refractivity contribution in [3.8, 4) is 0 Å². The Hall–Kier alpha value is -1.06. The molecule has 0 aliphatic heterocycles. The second kappa shape index (κ2) is 5.51. The zero-order chi connectivity index (χ0) is 13.2. The molecule has 1 atom stereocenters. The number of hydrogen-bond acceptors (Lipinski definition) is 2. The quantitative estimate of drug-likeness (QED) is 0.781. The van der Waals surface area contributed by atoms with Gasteiger partial charge in [0.2, 0.25) is 0 Å². The Morgan fingerprint density at radius 3 is 3.05 bits per heavy atom. The first kappa shape index (κ1) is 12.9. The standard InChI is InChI=1S/C15H14BrClN2/c16-11-8-14(15(17)18-9-11)19-13-7-3-5-10-4-1-2-6-12(10)13/h1-2,4,6,8-9,13,19H,3,5,7H2. The van der Waals surface area contributed by atoms with Crippen molar-refractivity contribution in [1.82, 2.24) is 4.98 Å². The second-order valence-corrected chi connectivity index (χ2v) is 6.05. The van der Waals surface area contributed by atoms with Gasteiger partial charge in [-0.2, -0.15) is 0 Å². The van der Waals surface area contributed by atoms with Crippen LogP contribution in [0.15, 0.2) is 41.0 Å². The Balaban J connectivity index is 1.90. The van der Waals surface area contributed by atoms with E-state index in [0.29, 0.717) is 11.2 Å². The van der Waals surface area contributed by atoms with E-state index >= 15 is 0 Å². The van der Waals surface area contributed by atoms with Crippen molar-refractivity contribution in [3.05, 3.63) is 57.3 Å². The van der Waals surface area contributed by atoms with Crippen LogP contribution in [0.25, 0.3) is 0 Å². The molecular weight excluding hydrogens is 324 g/mol. The number of nitrogens with one attached hydrogen (secondary N) is 1. The van der Waals surface area contributed by atoms with Gasteiger partial charge in [-0.1, -0.05) is 35.9 Å². The van der Waals surface area contributed by atoms with E-state index < -0.39 is 0 Å². The average molecular weight is 338 g/mol. The fraction of sp³-hybridized carbons (Fsp3) is 0.267. The lowest BCUT2D eigenvalue weighted by Gasteiger charge is -2.27. The third-order valence-corrected chi connectivity index (χ3v) is 4.24. The monoisotopic (exact) mass is 336 g/mol. The molecule has 1 unspecified atom stereocenters. The van der Waals surface area contributed by atoms with Crippen molar-refractivity contribution in [3.63, 3.8) is 0 Å². The SMILES string of the molecule is Clc1ncc(Br)cc1NC1CCCc2ccccc21. The molecule has 0 saturated heterocycles. The van der Waals surface area contributed by atoms with Crippen molar-refractivity contribution in [2.24, 2.45) is 0 Å². The van der Waals surface area contributed by atoms with E-state index in [1.807, 2.05) is 6.07 Å². The maximum Gasteiger partial charge on any atom is 0.152 e. The summed E-state index contributed by atoms with van der Waals surface area (Å²) in [6, 6.07) is 10.9. The number of fused-ring (bicyclic) bond motifs is 1. The van der Waals surface area contributed by atoms with Gasteiger partial charge in [-0.3, -0.25) is 0 Å². The van der Waals surface area contributed by atoms with Gasteiger partial charge in [-0.25, -0.2) is 4.98 Å². The van der Waals surface area contributed by atoms with Crippen LogP contribution in [0.4, 0.5) is 5.69 Å². The van der Waals surface area contributed by atoms with Gasteiger partial charge >= 0.3 is 0 Å². The molecule has 4 heteroatoms. The first-order valence-electron chi connectivity index (χ1n) is 6.39. The van der Waals surface area contributed by atoms with Gasteiger partial charge in [-0.15, -0.1) is 0 Å². The highest BCUT2D eigenvalue weighted by atomic mass is 79.9. The molecule has 2 aromatic rings. The number of aryl methyl sites for hydroxylation is 1. The summed E-state index contributed by atoms with van der Waals surface area (Å²) in [7, 11) is 0. The molecule has 1 N–H and O–H groups in total. The maximum atomic E-state index is 6.15. The van der Waals surface area contributed by atoms with E-state index in [1.165, 1.54) is 24.0 Å². The molecule has 0 fully saturated rings. The van der Waals surface area contributed by atoms with Crippen LogP contribution in [0.2, 0.25) is 5.15 Å². The summed E-state index contributed by atoms with van der Waals surface area (Å²) in [5, 5.41) is 4.04. The largest absolute Gasteiger partial charge is 0.376 e. The molecule has 1 aromatic heterocycles. The minimum atomic E-state index is 0.318. The topological polar surface area (TPSA) is 24.9 Å². The van der Waals surface area contributed by atoms with Crippen LogP contribution in [-0.2, 0) is 6.42 Å². The lowest BCUT2D eigenvalue weighted by Crippen LogP contribution is -2.17. The Bertz CT molecular complexity index is 600. The normalized spacial score (nSPS) is 17.9. The Kier molecular flexibility index (Phi) is 3.76. The molecule has 2 nitrogen and oxygen atoms in total. The lowest BCUT2D eigenvalue weighted by atomic mass is 9.87. The lowest BCUT2D eigenvalue weighted by molar-refractivity contribution is 0.600. The van der Waals surface area contributed by atoms with Crippen LogP contribution in [0.5, 0.6) is 0 Å². The summed E-state index contributed by atoms with van der Waals surface area (Å²) in [6.45, 7) is 0. The summed E-state index contributed by atoms with van der Waals surface area (Å²) in [5.41, 5.74) is 3.70. The zero-order valence-electron chi connectivity index (χ0n) is 10.4. The van der Waals surface area contributed by atoms with Gasteiger partial charge in [0.15, 0.2) is 5.15 Å². The van der Waals surface area contributed by atoms with Crippen LogP contribution in [0.3, 0.4) is 0 Å². The number of nitrogens with zero attached hydrogens (tertiary/aromatic N) is 1. The van der Waals surface area contributed by atoms with Crippen LogP contribution in [0, 0.1) is 0 Å². The maximum absolute atomic E-state index is 6.15. The molecule has 3 rings (SSSR count). The summed E-state index contributed by atoms with van der Waals surface area (Å²) in [6.07, 6.45) is 5.20. The van der Waals surface area contributed by atoms with Gasteiger partial charge in [-0.05, 0) is 52.4 Å². The first-order chi connectivity index (χ1) is 9.24. The van der Waals surface area contributed by atoms with Crippen molar-refractivity contribution in [2.45, 2.75) is 25.3 Å². The predicted molar refractivity (Wildman–Crippen MR) is 82.7 cm³/mol. The molecule has 0 saturated carbocycles. The number of aromatic nitrogens is 1. The number of rotatable bonds is 2. The highest BCUT2D eigenvalue weighted by Crippen LogP contribution is 2.34. The van der Waals surface area contributed by atoms with Crippen molar-refractivity contribution in [2.75, 3.05) is 5.32 Å². The van der Waals surface area contributed by atoms with E-state index in [1.54, 1.807) is 6.20 Å². The van der Waals surface area contributed by atoms with Gasteiger partial charge in [0.1, 0.15) is 0 Å². The van der Waals surface area contributed by atoms with E-state index in [9.17, 15) is 0 Å². The molecule has 1 aliphatic carbocycles. The van der Waals surface area contributed by atoms with Gasteiger partial charge < -0.3 is 5.32 Å². The third kappa shape index (κ3) is 2.77. The summed E-state index contributed by atoms with van der Waals surface area (Å²) < 4.78 is 0.934. The predicted octanol–water partition coefficient (Wildman–Crippen LogP) is 4.99. The number of benzene rings is 1. The molecule has 0 bridgehead atoms. The minimum absolute atomic E-state index is 0.318. The van der Waals surface area contributed by atoms with Crippen LogP contribution < -0.4 is 5.32 Å². The van der Waals surface area contributed by atoms with Crippen LogP contribution >= 0.6 is 27.5 Å². The van der Waals surface area contributed by atoms with E-state index in [4.69, 9.17) is 11.6 Å². The second-order valence-electron chi connectivity index (χ2n) is 4.78. The Morgan fingerprint density at radius 2 is 2.16 bits per heavy atom. The molecule has 1 heterocycles. The van der Waals surface area contributed by atoms with Gasteiger partial charge in [0.25, 0.3) is 0 Å². The van der Waals surface area contributed by atoms with Gasteiger partial charge in [0.05, 0.1) is 11.7 Å². The summed E-state index contributed by atoms with van der Waals surface area (Å²) in [5.74, 6) is 0. The Labute approximate surface area is 126 Å². The molecule has 0 spiro atoms. The highest BCUT2D eigenvalue weighted by molar-refractivity contribution is 9.10. The molecule has 19 heavy (non-hydrogen) atoms. The Morgan fingerprint density at radius 1 is 1.32 bits per heavy atom. The van der Waals surface area contributed by atoms with E-state index in [-0.39, 0.29) is 0 Å². The zero-order valence-corrected chi connectivity index (χ0v) is 12.7. The van der Waals surface area contributed by atoms with Crippen LogP contribution in [-0.4, -0.2) is 4.98 Å². The number of hydrogen-bond donors (Lipinski definition) is 1. The number of anilines is 1. The minimum Gasteiger partial charge on any atom is -0.376 e.